The summed E-state index contributed by atoms with van der Waals surface area (Å²) >= 11 is 1.62. The number of para-hydroxylation sites is 1. The molecule has 0 saturated heterocycles. The van der Waals surface area contributed by atoms with E-state index in [1.807, 2.05) is 16.0 Å². The highest BCUT2D eigenvalue weighted by molar-refractivity contribution is 7.09. The zero-order valence-electron chi connectivity index (χ0n) is 9.98. The Kier molecular flexibility index (Phi) is 3.00. The van der Waals surface area contributed by atoms with Crippen LogP contribution in [-0.2, 0) is 13.0 Å². The molecule has 19 heavy (non-hydrogen) atoms. The summed E-state index contributed by atoms with van der Waals surface area (Å²) in [6.07, 6.45) is 4.29. The summed E-state index contributed by atoms with van der Waals surface area (Å²) < 4.78 is 1.96. The van der Waals surface area contributed by atoms with Crippen LogP contribution >= 0.6 is 11.3 Å². The first-order valence-electron chi connectivity index (χ1n) is 5.81. The van der Waals surface area contributed by atoms with Gasteiger partial charge in [-0.15, -0.1) is 11.3 Å². The number of hydrogen-bond donors (Lipinski definition) is 1. The van der Waals surface area contributed by atoms with Gasteiger partial charge in [0.1, 0.15) is 5.52 Å². The topological polar surface area (TPSA) is 68.0 Å². The smallest absolute Gasteiger partial charge is 0.337 e. The summed E-state index contributed by atoms with van der Waals surface area (Å²) in [4.78, 5) is 19.5. The number of rotatable bonds is 4. The van der Waals surface area contributed by atoms with E-state index in [0.717, 1.165) is 23.5 Å². The molecule has 3 rings (SSSR count). The number of carboxylic acid groups (broad SMARTS) is 1. The van der Waals surface area contributed by atoms with Gasteiger partial charge in [0.05, 0.1) is 22.4 Å². The zero-order chi connectivity index (χ0) is 13.2. The van der Waals surface area contributed by atoms with Crippen molar-refractivity contribution in [2.45, 2.75) is 13.0 Å². The van der Waals surface area contributed by atoms with E-state index in [1.54, 1.807) is 36.0 Å². The Morgan fingerprint density at radius 1 is 1.37 bits per heavy atom. The van der Waals surface area contributed by atoms with Crippen LogP contribution in [0, 0.1) is 0 Å². The van der Waals surface area contributed by atoms with Crippen molar-refractivity contribution in [2.75, 3.05) is 0 Å². The van der Waals surface area contributed by atoms with Crippen molar-refractivity contribution in [3.63, 3.8) is 0 Å². The number of aryl methyl sites for hydroxylation is 2. The third kappa shape index (κ3) is 2.22. The standard InChI is InChI=1S/C13H11N3O2S/c17-13(18)9-2-1-3-10-12(9)15-8-16(10)6-4-11-14-5-7-19-11/h1-3,5,7-8H,4,6H2,(H,17,18). The summed E-state index contributed by atoms with van der Waals surface area (Å²) in [5.41, 5.74) is 1.62. The van der Waals surface area contributed by atoms with Gasteiger partial charge >= 0.3 is 5.97 Å². The molecule has 0 unspecified atom stereocenters. The Bertz CT molecular complexity index is 719. The number of benzene rings is 1. The second kappa shape index (κ2) is 4.81. The highest BCUT2D eigenvalue weighted by atomic mass is 32.1. The number of fused-ring (bicyclic) bond motifs is 1. The molecule has 6 heteroatoms. The maximum absolute atomic E-state index is 11.1. The summed E-state index contributed by atoms with van der Waals surface area (Å²) in [7, 11) is 0. The lowest BCUT2D eigenvalue weighted by Gasteiger charge is -2.03. The van der Waals surface area contributed by atoms with E-state index < -0.39 is 5.97 Å². The molecule has 0 aliphatic rings. The normalized spacial score (nSPS) is 10.9. The van der Waals surface area contributed by atoms with Crippen LogP contribution in [0.5, 0.6) is 0 Å². The fourth-order valence-electron chi connectivity index (χ4n) is 2.03. The molecule has 0 radical (unpaired) electrons. The Morgan fingerprint density at radius 2 is 2.26 bits per heavy atom. The third-order valence-corrected chi connectivity index (χ3v) is 3.77. The first-order valence-corrected chi connectivity index (χ1v) is 6.69. The number of aromatic nitrogens is 3. The quantitative estimate of drug-likeness (QED) is 0.792. The minimum absolute atomic E-state index is 0.241. The highest BCUT2D eigenvalue weighted by Gasteiger charge is 2.12. The van der Waals surface area contributed by atoms with Crippen LogP contribution in [0.2, 0.25) is 0 Å². The number of thiazole rings is 1. The van der Waals surface area contributed by atoms with E-state index in [0.29, 0.717) is 5.52 Å². The van der Waals surface area contributed by atoms with E-state index in [1.165, 1.54) is 0 Å². The molecule has 0 aliphatic heterocycles. The molecule has 0 aliphatic carbocycles. The summed E-state index contributed by atoms with van der Waals surface area (Å²) in [6, 6.07) is 5.20. The molecule has 0 spiro atoms. The van der Waals surface area contributed by atoms with Gasteiger partial charge in [-0.05, 0) is 12.1 Å². The van der Waals surface area contributed by atoms with Gasteiger partial charge in [0.15, 0.2) is 0 Å². The molecular formula is C13H11N3O2S. The molecule has 2 heterocycles. The monoisotopic (exact) mass is 273 g/mol. The molecule has 0 atom stereocenters. The molecule has 1 N–H and O–H groups in total. The predicted octanol–water partition coefficient (Wildman–Crippen LogP) is 2.43. The first-order chi connectivity index (χ1) is 9.25. The average Bonchev–Trinajstić information content (AvgIpc) is 3.05. The van der Waals surface area contributed by atoms with Crippen molar-refractivity contribution in [3.05, 3.63) is 46.7 Å². The molecule has 96 valence electrons. The second-order valence-electron chi connectivity index (χ2n) is 4.09. The lowest BCUT2D eigenvalue weighted by atomic mass is 10.2. The molecule has 1 aromatic carbocycles. The van der Waals surface area contributed by atoms with E-state index in [4.69, 9.17) is 5.11 Å². The van der Waals surface area contributed by atoms with Crippen LogP contribution in [0.3, 0.4) is 0 Å². The minimum Gasteiger partial charge on any atom is -0.478 e. The SMILES string of the molecule is O=C(O)c1cccc2c1ncn2CCc1nccs1. The van der Waals surface area contributed by atoms with Crippen molar-refractivity contribution in [3.8, 4) is 0 Å². The number of carbonyl (C=O) groups is 1. The number of nitrogens with zero attached hydrogens (tertiary/aromatic N) is 3. The van der Waals surface area contributed by atoms with Crippen LogP contribution in [-0.4, -0.2) is 25.6 Å². The molecule has 0 saturated carbocycles. The van der Waals surface area contributed by atoms with E-state index in [2.05, 4.69) is 9.97 Å². The Hall–Kier alpha value is -2.21. The van der Waals surface area contributed by atoms with Crippen molar-refractivity contribution in [1.82, 2.24) is 14.5 Å². The van der Waals surface area contributed by atoms with E-state index >= 15 is 0 Å². The Labute approximate surface area is 113 Å². The highest BCUT2D eigenvalue weighted by Crippen LogP contribution is 2.18. The predicted molar refractivity (Wildman–Crippen MR) is 72.5 cm³/mol. The number of imidazole rings is 1. The van der Waals surface area contributed by atoms with Gasteiger partial charge in [-0.1, -0.05) is 6.07 Å². The third-order valence-electron chi connectivity index (χ3n) is 2.93. The van der Waals surface area contributed by atoms with Crippen LogP contribution in [0.4, 0.5) is 0 Å². The van der Waals surface area contributed by atoms with E-state index in [-0.39, 0.29) is 5.56 Å². The van der Waals surface area contributed by atoms with Gasteiger partial charge in [-0.25, -0.2) is 14.8 Å². The van der Waals surface area contributed by atoms with Crippen LogP contribution in [0.1, 0.15) is 15.4 Å². The van der Waals surface area contributed by atoms with Crippen molar-refractivity contribution < 1.29 is 9.90 Å². The first kappa shape index (κ1) is 11.9. The molecule has 0 bridgehead atoms. The fraction of sp³-hybridized carbons (Fsp3) is 0.154. The fourth-order valence-corrected chi connectivity index (χ4v) is 2.64. The lowest BCUT2D eigenvalue weighted by Crippen LogP contribution is -2.01. The maximum Gasteiger partial charge on any atom is 0.337 e. The van der Waals surface area contributed by atoms with Gasteiger partial charge in [0.25, 0.3) is 0 Å². The lowest BCUT2D eigenvalue weighted by molar-refractivity contribution is 0.0699. The van der Waals surface area contributed by atoms with E-state index in [9.17, 15) is 4.79 Å². The molecule has 2 aromatic heterocycles. The van der Waals surface area contributed by atoms with Gasteiger partial charge < -0.3 is 9.67 Å². The number of carboxylic acids is 1. The van der Waals surface area contributed by atoms with Crippen LogP contribution < -0.4 is 0 Å². The van der Waals surface area contributed by atoms with Gasteiger partial charge in [-0.3, -0.25) is 0 Å². The molecule has 5 nitrogen and oxygen atoms in total. The summed E-state index contributed by atoms with van der Waals surface area (Å²) in [5.74, 6) is -0.948. The summed E-state index contributed by atoms with van der Waals surface area (Å²) in [6.45, 7) is 0.743. The van der Waals surface area contributed by atoms with Crippen LogP contribution in [0.15, 0.2) is 36.1 Å². The second-order valence-corrected chi connectivity index (χ2v) is 5.07. The molecular weight excluding hydrogens is 262 g/mol. The molecule has 3 aromatic rings. The largest absolute Gasteiger partial charge is 0.478 e. The number of hydrogen-bond acceptors (Lipinski definition) is 4. The zero-order valence-corrected chi connectivity index (χ0v) is 10.8. The Balaban J connectivity index is 1.92. The molecule has 0 amide bonds. The van der Waals surface area contributed by atoms with Crippen molar-refractivity contribution >= 4 is 28.3 Å². The van der Waals surface area contributed by atoms with Gasteiger partial charge in [-0.2, -0.15) is 0 Å². The number of aromatic carboxylic acids is 1. The minimum atomic E-state index is -0.948. The maximum atomic E-state index is 11.1. The van der Waals surface area contributed by atoms with Crippen molar-refractivity contribution in [1.29, 1.82) is 0 Å². The summed E-state index contributed by atoms with van der Waals surface area (Å²) in [5, 5.41) is 12.1. The van der Waals surface area contributed by atoms with Gasteiger partial charge in [0.2, 0.25) is 0 Å². The van der Waals surface area contributed by atoms with Crippen LogP contribution in [0.25, 0.3) is 11.0 Å². The Morgan fingerprint density at radius 3 is 3.00 bits per heavy atom. The van der Waals surface area contributed by atoms with Gasteiger partial charge in [0, 0.05) is 24.5 Å². The van der Waals surface area contributed by atoms with Crippen molar-refractivity contribution in [2.24, 2.45) is 0 Å². The average molecular weight is 273 g/mol. The molecule has 0 fully saturated rings.